The second kappa shape index (κ2) is 6.01. The summed E-state index contributed by atoms with van der Waals surface area (Å²) in [6.45, 7) is 3.89. The van der Waals surface area contributed by atoms with E-state index in [0.29, 0.717) is 4.88 Å². The van der Waals surface area contributed by atoms with Crippen molar-refractivity contribution >= 4 is 28.6 Å². The Labute approximate surface area is 124 Å². The largest absolute Gasteiger partial charge is 0.319 e. The maximum absolute atomic E-state index is 13.6. The van der Waals surface area contributed by atoms with Crippen molar-refractivity contribution in [2.45, 2.75) is 20.3 Å². The van der Waals surface area contributed by atoms with Gasteiger partial charge in [-0.1, -0.05) is 6.92 Å². The van der Waals surface area contributed by atoms with Gasteiger partial charge in [0.05, 0.1) is 15.5 Å². The minimum Gasteiger partial charge on any atom is -0.319 e. The lowest BCUT2D eigenvalue weighted by atomic mass is 10.2. The summed E-state index contributed by atoms with van der Waals surface area (Å²) in [7, 11) is 0. The van der Waals surface area contributed by atoms with Crippen molar-refractivity contribution in [3.8, 4) is 0 Å². The van der Waals surface area contributed by atoms with Gasteiger partial charge in [-0.15, -0.1) is 11.3 Å². The highest BCUT2D eigenvalue weighted by Crippen LogP contribution is 2.25. The van der Waals surface area contributed by atoms with E-state index in [1.54, 1.807) is 6.07 Å². The van der Waals surface area contributed by atoms with Crippen molar-refractivity contribution in [3.05, 3.63) is 55.5 Å². The van der Waals surface area contributed by atoms with Crippen molar-refractivity contribution in [2.75, 3.05) is 5.32 Å². The number of carbonyl (C=O) groups excluding carboxylic acids is 1. The number of rotatable bonds is 4. The Balaban J connectivity index is 2.26. The number of benzene rings is 1. The number of aryl methyl sites for hydroxylation is 2. The fraction of sp³-hybridized carbons (Fsp3) is 0.214. The van der Waals surface area contributed by atoms with Crippen LogP contribution < -0.4 is 5.32 Å². The average Bonchev–Trinajstić information content (AvgIpc) is 2.82. The summed E-state index contributed by atoms with van der Waals surface area (Å²) in [5.41, 5.74) is 0.536. The Morgan fingerprint density at radius 2 is 2.14 bits per heavy atom. The number of hydrogen-bond acceptors (Lipinski definition) is 4. The number of nitrogens with one attached hydrogen (secondary N) is 1. The van der Waals surface area contributed by atoms with Gasteiger partial charge < -0.3 is 5.32 Å². The first-order chi connectivity index (χ1) is 9.92. The standard InChI is InChI=1S/C14H13FN2O3S/c1-3-12-8(2)6-13(21-12)14(18)16-11-7-9(17(19)20)4-5-10(11)15/h4-7H,3H2,1-2H3,(H,16,18). The van der Waals surface area contributed by atoms with E-state index >= 15 is 0 Å². The topological polar surface area (TPSA) is 72.2 Å². The molecule has 1 amide bonds. The van der Waals surface area contributed by atoms with Gasteiger partial charge in [0.25, 0.3) is 11.6 Å². The molecule has 7 heteroatoms. The summed E-state index contributed by atoms with van der Waals surface area (Å²) in [5, 5.41) is 13.1. The first-order valence-corrected chi connectivity index (χ1v) is 7.08. The zero-order chi connectivity index (χ0) is 15.6. The molecule has 0 aliphatic heterocycles. The van der Waals surface area contributed by atoms with Gasteiger partial charge in [-0.3, -0.25) is 14.9 Å². The average molecular weight is 308 g/mol. The smallest absolute Gasteiger partial charge is 0.271 e. The van der Waals surface area contributed by atoms with Crippen molar-refractivity contribution < 1.29 is 14.1 Å². The fourth-order valence-corrected chi connectivity index (χ4v) is 2.90. The third-order valence-electron chi connectivity index (χ3n) is 2.97. The third kappa shape index (κ3) is 3.25. The van der Waals surface area contributed by atoms with Crippen LogP contribution in [0.25, 0.3) is 0 Å². The van der Waals surface area contributed by atoms with Crippen LogP contribution in [0.2, 0.25) is 0 Å². The van der Waals surface area contributed by atoms with Gasteiger partial charge >= 0.3 is 0 Å². The molecule has 2 rings (SSSR count). The van der Waals surface area contributed by atoms with E-state index in [2.05, 4.69) is 5.32 Å². The zero-order valence-corrected chi connectivity index (χ0v) is 12.3. The highest BCUT2D eigenvalue weighted by atomic mass is 32.1. The molecule has 1 N–H and O–H groups in total. The van der Waals surface area contributed by atoms with Gasteiger partial charge in [-0.25, -0.2) is 4.39 Å². The molecule has 1 aromatic heterocycles. The number of anilines is 1. The molecule has 0 radical (unpaired) electrons. The Hall–Kier alpha value is -2.28. The van der Waals surface area contributed by atoms with E-state index < -0.39 is 16.6 Å². The first-order valence-electron chi connectivity index (χ1n) is 6.27. The van der Waals surface area contributed by atoms with E-state index in [0.717, 1.165) is 35.1 Å². The number of carbonyl (C=O) groups is 1. The number of amides is 1. The summed E-state index contributed by atoms with van der Waals surface area (Å²) in [4.78, 5) is 23.7. The summed E-state index contributed by atoms with van der Waals surface area (Å²) in [6, 6.07) is 4.75. The number of halogens is 1. The van der Waals surface area contributed by atoms with Crippen LogP contribution in [-0.4, -0.2) is 10.8 Å². The molecule has 110 valence electrons. The Kier molecular flexibility index (Phi) is 4.32. The van der Waals surface area contributed by atoms with Gasteiger partial charge in [0.1, 0.15) is 5.82 Å². The number of nitro benzene ring substituents is 1. The zero-order valence-electron chi connectivity index (χ0n) is 11.5. The molecule has 0 spiro atoms. The molecule has 0 bridgehead atoms. The van der Waals surface area contributed by atoms with Crippen LogP contribution in [0.1, 0.15) is 27.0 Å². The maximum Gasteiger partial charge on any atom is 0.271 e. The van der Waals surface area contributed by atoms with Crippen molar-refractivity contribution in [2.24, 2.45) is 0 Å². The predicted molar refractivity (Wildman–Crippen MR) is 79.4 cm³/mol. The van der Waals surface area contributed by atoms with Crippen molar-refractivity contribution in [1.82, 2.24) is 0 Å². The van der Waals surface area contributed by atoms with Crippen molar-refractivity contribution in [3.63, 3.8) is 0 Å². The summed E-state index contributed by atoms with van der Waals surface area (Å²) in [5.74, 6) is -1.18. The molecular weight excluding hydrogens is 295 g/mol. The Morgan fingerprint density at radius 3 is 2.71 bits per heavy atom. The monoisotopic (exact) mass is 308 g/mol. The molecule has 21 heavy (non-hydrogen) atoms. The van der Waals surface area contributed by atoms with Crippen LogP contribution in [0.3, 0.4) is 0 Å². The summed E-state index contributed by atoms with van der Waals surface area (Å²) in [6.07, 6.45) is 0.814. The molecular formula is C14H13FN2O3S. The molecule has 0 aliphatic rings. The molecule has 0 saturated heterocycles. The highest BCUT2D eigenvalue weighted by molar-refractivity contribution is 7.14. The first kappa shape index (κ1) is 15.1. The SMILES string of the molecule is CCc1sc(C(=O)Nc2cc([N+](=O)[O-])ccc2F)cc1C. The van der Waals surface area contributed by atoms with Gasteiger partial charge in [0.2, 0.25) is 0 Å². The number of thiophene rings is 1. The highest BCUT2D eigenvalue weighted by Gasteiger charge is 2.16. The predicted octanol–water partition coefficient (Wildman–Crippen LogP) is 3.92. The van der Waals surface area contributed by atoms with E-state index in [1.165, 1.54) is 11.3 Å². The fourth-order valence-electron chi connectivity index (χ4n) is 1.89. The molecule has 0 atom stereocenters. The van der Waals surface area contributed by atoms with Gasteiger partial charge in [-0.05, 0) is 31.0 Å². The quantitative estimate of drug-likeness (QED) is 0.687. The van der Waals surface area contributed by atoms with E-state index in [9.17, 15) is 19.3 Å². The normalized spacial score (nSPS) is 10.4. The van der Waals surface area contributed by atoms with Crippen LogP contribution in [0, 0.1) is 22.9 Å². The Morgan fingerprint density at radius 1 is 1.43 bits per heavy atom. The van der Waals surface area contributed by atoms with E-state index in [1.807, 2.05) is 13.8 Å². The van der Waals surface area contributed by atoms with E-state index in [-0.39, 0.29) is 11.4 Å². The second-order valence-electron chi connectivity index (χ2n) is 4.45. The number of hydrogen-bond donors (Lipinski definition) is 1. The molecule has 0 unspecified atom stereocenters. The molecule has 0 aliphatic carbocycles. The molecule has 1 aromatic carbocycles. The minimum atomic E-state index is -0.710. The van der Waals surface area contributed by atoms with Crippen LogP contribution in [0.15, 0.2) is 24.3 Å². The summed E-state index contributed by atoms with van der Waals surface area (Å²) < 4.78 is 13.6. The molecule has 5 nitrogen and oxygen atoms in total. The van der Waals surface area contributed by atoms with Gasteiger partial charge in [0, 0.05) is 17.0 Å². The lowest BCUT2D eigenvalue weighted by molar-refractivity contribution is -0.384. The molecule has 1 heterocycles. The van der Waals surface area contributed by atoms with Gasteiger partial charge in [0.15, 0.2) is 0 Å². The maximum atomic E-state index is 13.6. The molecule has 0 saturated carbocycles. The second-order valence-corrected chi connectivity index (χ2v) is 5.58. The summed E-state index contributed by atoms with van der Waals surface area (Å²) >= 11 is 1.33. The lowest BCUT2D eigenvalue weighted by Crippen LogP contribution is -2.11. The van der Waals surface area contributed by atoms with Crippen molar-refractivity contribution in [1.29, 1.82) is 0 Å². The van der Waals surface area contributed by atoms with Gasteiger partial charge in [-0.2, -0.15) is 0 Å². The number of non-ortho nitro benzene ring substituents is 1. The van der Waals surface area contributed by atoms with Crippen LogP contribution in [0.4, 0.5) is 15.8 Å². The van der Waals surface area contributed by atoms with E-state index in [4.69, 9.17) is 0 Å². The number of nitro groups is 1. The van der Waals surface area contributed by atoms with Crippen LogP contribution in [-0.2, 0) is 6.42 Å². The molecule has 2 aromatic rings. The Bertz CT molecular complexity index is 712. The minimum absolute atomic E-state index is 0.196. The third-order valence-corrected chi connectivity index (χ3v) is 4.35. The lowest BCUT2D eigenvalue weighted by Gasteiger charge is -2.04. The van der Waals surface area contributed by atoms with Crippen LogP contribution >= 0.6 is 11.3 Å². The molecule has 0 fully saturated rings. The number of nitrogens with zero attached hydrogens (tertiary/aromatic N) is 1. The van der Waals surface area contributed by atoms with Crippen LogP contribution in [0.5, 0.6) is 0 Å².